The van der Waals surface area contributed by atoms with Gasteiger partial charge in [-0.15, -0.1) is 0 Å². The topological polar surface area (TPSA) is 143 Å². The Kier molecular flexibility index (Phi) is 8.26. The molecule has 2 rings (SSSR count). The highest BCUT2D eigenvalue weighted by atomic mass is 35.5. The number of nitrogens with two attached hydrogens (primary N) is 1. The first kappa shape index (κ1) is 25.5. The van der Waals surface area contributed by atoms with Gasteiger partial charge >= 0.3 is 18.0 Å². The Labute approximate surface area is 190 Å². The Balaban J connectivity index is 2.36. The molecule has 0 radical (unpaired) electrons. The Morgan fingerprint density at radius 2 is 1.64 bits per heavy atom. The summed E-state index contributed by atoms with van der Waals surface area (Å²) < 4.78 is 38.8. The van der Waals surface area contributed by atoms with Crippen LogP contribution in [-0.2, 0) is 20.6 Å². The molecule has 0 aliphatic carbocycles. The Morgan fingerprint density at radius 3 is 2.21 bits per heavy atom. The van der Waals surface area contributed by atoms with Crippen molar-refractivity contribution in [2.45, 2.75) is 13.1 Å². The van der Waals surface area contributed by atoms with E-state index in [0.29, 0.717) is 11.1 Å². The van der Waals surface area contributed by atoms with E-state index in [-0.39, 0.29) is 11.3 Å². The molecule has 2 aromatic rings. The largest absolute Gasteiger partial charge is 0.416 e. The Morgan fingerprint density at radius 1 is 1.00 bits per heavy atom. The quantitative estimate of drug-likeness (QED) is 0.124. The number of halogens is 4. The summed E-state index contributed by atoms with van der Waals surface area (Å²) in [5, 5.41) is 6.10. The summed E-state index contributed by atoms with van der Waals surface area (Å²) in [6.07, 6.45) is -4.65. The third-order valence-electron chi connectivity index (χ3n) is 4.23. The molecule has 0 heterocycles. The molecule has 3 amide bonds. The lowest BCUT2D eigenvalue weighted by atomic mass is 9.94. The second-order valence-electron chi connectivity index (χ2n) is 6.54. The third-order valence-corrected chi connectivity index (χ3v) is 4.48. The molecule has 0 aliphatic rings. The van der Waals surface area contributed by atoms with Crippen LogP contribution in [0, 0.1) is 5.92 Å². The van der Waals surface area contributed by atoms with Gasteiger partial charge in [0.1, 0.15) is 5.71 Å². The van der Waals surface area contributed by atoms with E-state index in [9.17, 15) is 32.3 Å². The molecule has 0 fully saturated rings. The van der Waals surface area contributed by atoms with E-state index in [0.717, 1.165) is 12.1 Å². The first-order chi connectivity index (χ1) is 15.4. The number of hydrogen-bond acceptors (Lipinski definition) is 6. The lowest BCUT2D eigenvalue weighted by Gasteiger charge is -2.15. The molecule has 174 valence electrons. The van der Waals surface area contributed by atoms with Crippen LogP contribution in [0.2, 0.25) is 5.02 Å². The first-order valence-corrected chi connectivity index (χ1v) is 9.48. The van der Waals surface area contributed by atoms with Gasteiger partial charge in [0.05, 0.1) is 11.5 Å². The van der Waals surface area contributed by atoms with Crippen LogP contribution in [0.5, 0.6) is 0 Å². The van der Waals surface area contributed by atoms with Crippen molar-refractivity contribution in [1.82, 2.24) is 10.9 Å². The zero-order valence-corrected chi connectivity index (χ0v) is 17.6. The number of rotatable bonds is 6. The fourth-order valence-corrected chi connectivity index (χ4v) is 2.65. The van der Waals surface area contributed by atoms with Crippen molar-refractivity contribution >= 4 is 46.5 Å². The second kappa shape index (κ2) is 10.7. The standard InChI is InChI=1S/C20H17ClF3N5O4/c1-10(16(30)11-5-7-13(21)8-6-11)15(28-29-19(33)18(32)27-25)17(31)26-14-4-2-3-12(9-14)20(22,23)24/h2-10H,25H2,1H3,(H,26,31)(H,27,32)(H,29,33). The number of nitrogens with zero attached hydrogens (tertiary/aromatic N) is 1. The van der Waals surface area contributed by atoms with Gasteiger partial charge in [0, 0.05) is 16.3 Å². The average molecular weight is 484 g/mol. The van der Waals surface area contributed by atoms with Crippen molar-refractivity contribution in [3.05, 3.63) is 64.7 Å². The Bertz CT molecular complexity index is 1100. The van der Waals surface area contributed by atoms with Gasteiger partial charge in [0.25, 0.3) is 5.91 Å². The minimum Gasteiger partial charge on any atom is -0.321 e. The smallest absolute Gasteiger partial charge is 0.321 e. The van der Waals surface area contributed by atoms with Crippen LogP contribution < -0.4 is 22.0 Å². The number of hydrazone groups is 1. The molecule has 2 aromatic carbocycles. The number of benzene rings is 2. The van der Waals surface area contributed by atoms with E-state index >= 15 is 0 Å². The van der Waals surface area contributed by atoms with Crippen molar-refractivity contribution in [2.75, 3.05) is 5.32 Å². The van der Waals surface area contributed by atoms with Crippen molar-refractivity contribution < 1.29 is 32.3 Å². The van der Waals surface area contributed by atoms with Crippen LogP contribution >= 0.6 is 11.6 Å². The number of hydrogen-bond donors (Lipinski definition) is 4. The van der Waals surface area contributed by atoms with E-state index in [1.807, 2.05) is 0 Å². The lowest BCUT2D eigenvalue weighted by molar-refractivity contribution is -0.139. The van der Waals surface area contributed by atoms with Crippen molar-refractivity contribution in [3.63, 3.8) is 0 Å². The summed E-state index contributed by atoms with van der Waals surface area (Å²) in [6, 6.07) is 9.42. The van der Waals surface area contributed by atoms with E-state index in [4.69, 9.17) is 17.4 Å². The van der Waals surface area contributed by atoms with E-state index < -0.39 is 46.9 Å². The minimum atomic E-state index is -4.65. The van der Waals surface area contributed by atoms with Gasteiger partial charge in [-0.3, -0.25) is 24.6 Å². The van der Waals surface area contributed by atoms with Crippen LogP contribution in [0.4, 0.5) is 18.9 Å². The van der Waals surface area contributed by atoms with Crippen LogP contribution in [0.3, 0.4) is 0 Å². The fraction of sp³-hybridized carbons (Fsp3) is 0.150. The van der Waals surface area contributed by atoms with E-state index in [1.165, 1.54) is 37.3 Å². The second-order valence-corrected chi connectivity index (χ2v) is 6.97. The van der Waals surface area contributed by atoms with Gasteiger partial charge in [-0.2, -0.15) is 18.3 Å². The number of amides is 3. The van der Waals surface area contributed by atoms with E-state index in [1.54, 1.807) is 10.9 Å². The highest BCUT2D eigenvalue weighted by Crippen LogP contribution is 2.30. The summed E-state index contributed by atoms with van der Waals surface area (Å²) in [4.78, 5) is 48.5. The Hall–Kier alpha value is -3.77. The predicted octanol–water partition coefficient (Wildman–Crippen LogP) is 2.28. The van der Waals surface area contributed by atoms with Crippen molar-refractivity contribution in [3.8, 4) is 0 Å². The molecule has 0 saturated carbocycles. The van der Waals surface area contributed by atoms with Crippen molar-refractivity contribution in [1.29, 1.82) is 0 Å². The van der Waals surface area contributed by atoms with Crippen LogP contribution in [0.25, 0.3) is 0 Å². The SMILES string of the molecule is CC(C(=O)c1ccc(Cl)cc1)C(=NNC(=O)C(=O)NN)C(=O)Nc1cccc(C(F)(F)F)c1. The minimum absolute atomic E-state index is 0.150. The summed E-state index contributed by atoms with van der Waals surface area (Å²) in [7, 11) is 0. The first-order valence-electron chi connectivity index (χ1n) is 9.11. The zero-order chi connectivity index (χ0) is 24.8. The molecule has 0 aliphatic heterocycles. The lowest BCUT2D eigenvalue weighted by Crippen LogP contribution is -2.43. The van der Waals surface area contributed by atoms with Crippen LogP contribution in [0.1, 0.15) is 22.8 Å². The molecule has 0 saturated heterocycles. The molecular weight excluding hydrogens is 467 g/mol. The molecule has 0 aromatic heterocycles. The third kappa shape index (κ3) is 6.85. The van der Waals surface area contributed by atoms with E-state index in [2.05, 4.69) is 10.4 Å². The number of carbonyl (C=O) groups is 4. The normalized spacial score (nSPS) is 12.5. The number of carbonyl (C=O) groups excluding carboxylic acids is 4. The van der Waals surface area contributed by atoms with Gasteiger partial charge in [-0.25, -0.2) is 11.3 Å². The number of Topliss-reactive ketones (excluding diaryl/α,β-unsaturated/α-hetero) is 1. The van der Waals surface area contributed by atoms with Gasteiger partial charge in [-0.05, 0) is 49.4 Å². The number of nitrogens with one attached hydrogen (secondary N) is 3. The molecule has 5 N–H and O–H groups in total. The number of anilines is 1. The average Bonchev–Trinajstić information content (AvgIpc) is 2.77. The predicted molar refractivity (Wildman–Crippen MR) is 113 cm³/mol. The van der Waals surface area contributed by atoms with Gasteiger partial charge in [0.2, 0.25) is 0 Å². The molecule has 9 nitrogen and oxygen atoms in total. The maximum absolute atomic E-state index is 12.9. The zero-order valence-electron chi connectivity index (χ0n) is 16.9. The molecule has 0 bridgehead atoms. The van der Waals surface area contributed by atoms with Gasteiger partial charge in [-0.1, -0.05) is 17.7 Å². The van der Waals surface area contributed by atoms with Crippen LogP contribution in [-0.4, -0.2) is 29.2 Å². The molecule has 1 unspecified atom stereocenters. The highest BCUT2D eigenvalue weighted by Gasteiger charge is 2.31. The summed E-state index contributed by atoms with van der Waals surface area (Å²) in [6.45, 7) is 1.29. The van der Waals surface area contributed by atoms with Gasteiger partial charge in [0.15, 0.2) is 5.78 Å². The monoisotopic (exact) mass is 483 g/mol. The molecular formula is C20H17ClF3N5O4. The number of hydrazine groups is 1. The summed E-state index contributed by atoms with van der Waals surface area (Å²) in [5.41, 5.74) is 1.65. The number of alkyl halides is 3. The van der Waals surface area contributed by atoms with Crippen LogP contribution in [0.15, 0.2) is 53.6 Å². The molecule has 1 atom stereocenters. The maximum Gasteiger partial charge on any atom is 0.416 e. The fourth-order valence-electron chi connectivity index (χ4n) is 2.53. The molecule has 33 heavy (non-hydrogen) atoms. The maximum atomic E-state index is 12.9. The molecule has 13 heteroatoms. The molecule has 0 spiro atoms. The number of ketones is 1. The summed E-state index contributed by atoms with van der Waals surface area (Å²) >= 11 is 5.80. The van der Waals surface area contributed by atoms with Crippen molar-refractivity contribution in [2.24, 2.45) is 16.9 Å². The van der Waals surface area contributed by atoms with Gasteiger partial charge < -0.3 is 5.32 Å². The highest BCUT2D eigenvalue weighted by molar-refractivity contribution is 6.47. The summed E-state index contributed by atoms with van der Waals surface area (Å²) in [5.74, 6) is -0.756.